The van der Waals surface area contributed by atoms with Crippen molar-refractivity contribution in [2.24, 2.45) is 0 Å². The van der Waals surface area contributed by atoms with Crippen molar-refractivity contribution in [2.75, 3.05) is 11.0 Å². The van der Waals surface area contributed by atoms with E-state index in [0.29, 0.717) is 5.75 Å². The number of sulfonamides is 1. The minimum absolute atomic E-state index is 0.0339. The summed E-state index contributed by atoms with van der Waals surface area (Å²) in [6, 6.07) is 12.3. The van der Waals surface area contributed by atoms with E-state index in [1.54, 1.807) is 24.3 Å². The lowest BCUT2D eigenvalue weighted by atomic mass is 10.2. The van der Waals surface area contributed by atoms with Crippen molar-refractivity contribution >= 4 is 26.7 Å². The van der Waals surface area contributed by atoms with Crippen molar-refractivity contribution in [1.82, 2.24) is 0 Å². The molecule has 0 bridgehead atoms. The fourth-order valence-corrected chi connectivity index (χ4v) is 2.71. The molecule has 0 saturated carbocycles. The molecule has 0 unspecified atom stereocenters. The van der Waals surface area contributed by atoms with E-state index in [1.807, 2.05) is 6.07 Å². The Morgan fingerprint density at radius 1 is 1.12 bits per heavy atom. The number of ether oxygens (including phenoxy) is 1. The lowest BCUT2D eigenvalue weighted by molar-refractivity contribution is 0.464. The van der Waals surface area contributed by atoms with Gasteiger partial charge in [0.2, 0.25) is 10.0 Å². The third-order valence-electron chi connectivity index (χ3n) is 3.09. The lowest BCUT2D eigenvalue weighted by Gasteiger charge is -2.13. The molecule has 2 N–H and O–H groups in total. The highest BCUT2D eigenvalue weighted by atomic mass is 32.2. The Hall–Kier alpha value is -3.00. The summed E-state index contributed by atoms with van der Waals surface area (Å²) < 4.78 is 36.1. The van der Waals surface area contributed by atoms with Crippen LogP contribution in [-0.2, 0) is 10.0 Å². The van der Waals surface area contributed by atoms with E-state index in [1.165, 1.54) is 12.1 Å². The fourth-order valence-electron chi connectivity index (χ4n) is 2.15. The van der Waals surface area contributed by atoms with Gasteiger partial charge in [0.15, 0.2) is 5.75 Å². The van der Waals surface area contributed by atoms with Gasteiger partial charge in [-0.05, 0) is 18.2 Å². The monoisotopic (exact) mass is 347 g/mol. The third kappa shape index (κ3) is 3.49. The van der Waals surface area contributed by atoms with Gasteiger partial charge in [0.05, 0.1) is 23.4 Å². The van der Waals surface area contributed by atoms with Crippen molar-refractivity contribution in [3.63, 3.8) is 0 Å². The van der Waals surface area contributed by atoms with Crippen LogP contribution in [-0.4, -0.2) is 19.8 Å². The molecule has 0 fully saturated rings. The predicted molar refractivity (Wildman–Crippen MR) is 89.1 cm³/mol. The fraction of sp³-hybridized carbons (Fsp3) is 0.0625. The second-order valence-electron chi connectivity index (χ2n) is 5.08. The van der Waals surface area contributed by atoms with Crippen molar-refractivity contribution in [3.8, 4) is 17.2 Å². The van der Waals surface area contributed by atoms with Crippen LogP contribution in [0.2, 0.25) is 0 Å². The summed E-state index contributed by atoms with van der Waals surface area (Å²) in [5.74, 6) is 0.346. The first-order chi connectivity index (χ1) is 11.3. The minimum atomic E-state index is -3.59. The molecule has 0 aliphatic heterocycles. The summed E-state index contributed by atoms with van der Waals surface area (Å²) >= 11 is 0. The molecule has 0 aliphatic rings. The van der Waals surface area contributed by atoms with Crippen LogP contribution in [0.15, 0.2) is 57.7 Å². The maximum absolute atomic E-state index is 11.6. The van der Waals surface area contributed by atoms with Gasteiger partial charge < -0.3 is 14.3 Å². The summed E-state index contributed by atoms with van der Waals surface area (Å²) in [5, 5.41) is 10.1. The van der Waals surface area contributed by atoms with E-state index in [4.69, 9.17) is 9.15 Å². The number of rotatable bonds is 4. The van der Waals surface area contributed by atoms with Crippen LogP contribution in [0, 0.1) is 0 Å². The zero-order chi connectivity index (χ0) is 17.3. The first-order valence-corrected chi connectivity index (χ1v) is 8.72. The number of fused-ring (bicyclic) bond motifs is 1. The third-order valence-corrected chi connectivity index (χ3v) is 3.68. The van der Waals surface area contributed by atoms with Gasteiger partial charge in [-0.3, -0.25) is 4.72 Å². The molecule has 0 amide bonds. The molecule has 7 nitrogen and oxygen atoms in total. The number of para-hydroxylation sites is 1. The number of nitrogens with one attached hydrogen (secondary N) is 1. The molecule has 8 heteroatoms. The second-order valence-corrected chi connectivity index (χ2v) is 6.83. The Morgan fingerprint density at radius 2 is 1.83 bits per heavy atom. The summed E-state index contributed by atoms with van der Waals surface area (Å²) in [7, 11) is -3.59. The number of aromatic hydroxyl groups is 1. The van der Waals surface area contributed by atoms with Gasteiger partial charge in [-0.15, -0.1) is 0 Å². The largest absolute Gasteiger partial charge is 0.507 e. The molecule has 24 heavy (non-hydrogen) atoms. The van der Waals surface area contributed by atoms with E-state index in [-0.39, 0.29) is 28.2 Å². The highest BCUT2D eigenvalue weighted by Gasteiger charge is 2.15. The normalized spacial score (nSPS) is 11.4. The van der Waals surface area contributed by atoms with Crippen LogP contribution in [0.25, 0.3) is 11.0 Å². The smallest absolute Gasteiger partial charge is 0.339 e. The molecular formula is C16H13NO6S. The van der Waals surface area contributed by atoms with Gasteiger partial charge in [0.25, 0.3) is 0 Å². The molecule has 0 atom stereocenters. The quantitative estimate of drug-likeness (QED) is 0.703. The van der Waals surface area contributed by atoms with E-state index in [2.05, 4.69) is 4.72 Å². The Bertz CT molecular complexity index is 1060. The van der Waals surface area contributed by atoms with Gasteiger partial charge in [-0.1, -0.05) is 18.2 Å². The number of hydrogen-bond acceptors (Lipinski definition) is 6. The topological polar surface area (TPSA) is 106 Å². The Balaban J connectivity index is 2.20. The SMILES string of the molecule is CS(=O)(=O)Nc1cc2oc(=O)cc(O)c2cc1Oc1ccccc1. The zero-order valence-corrected chi connectivity index (χ0v) is 13.3. The van der Waals surface area contributed by atoms with Crippen LogP contribution in [0.4, 0.5) is 5.69 Å². The summed E-state index contributed by atoms with van der Waals surface area (Å²) in [4.78, 5) is 11.4. The van der Waals surface area contributed by atoms with Crippen LogP contribution in [0.1, 0.15) is 0 Å². The molecule has 124 valence electrons. The van der Waals surface area contributed by atoms with Crippen LogP contribution < -0.4 is 15.1 Å². The van der Waals surface area contributed by atoms with Gasteiger partial charge in [-0.25, -0.2) is 13.2 Å². The molecule has 0 spiro atoms. The molecular weight excluding hydrogens is 334 g/mol. The number of hydrogen-bond donors (Lipinski definition) is 2. The molecule has 3 rings (SSSR count). The van der Waals surface area contributed by atoms with Crippen molar-refractivity contribution < 1.29 is 22.7 Å². The summed E-state index contributed by atoms with van der Waals surface area (Å²) in [5.41, 5.74) is -0.629. The van der Waals surface area contributed by atoms with Crippen molar-refractivity contribution in [1.29, 1.82) is 0 Å². The zero-order valence-electron chi connectivity index (χ0n) is 12.5. The molecule has 1 heterocycles. The Labute approximate surface area is 137 Å². The number of benzene rings is 2. The summed E-state index contributed by atoms with van der Waals surface area (Å²) in [6.07, 6.45) is 0.988. The van der Waals surface area contributed by atoms with Gasteiger partial charge in [0, 0.05) is 6.07 Å². The van der Waals surface area contributed by atoms with Crippen LogP contribution in [0.5, 0.6) is 17.2 Å². The van der Waals surface area contributed by atoms with E-state index in [0.717, 1.165) is 12.3 Å². The lowest BCUT2D eigenvalue weighted by Crippen LogP contribution is -2.10. The standard InChI is InChI=1S/C16H13NO6S/c1-24(20,21)17-12-8-14-11(13(18)9-16(19)23-14)7-15(12)22-10-5-3-2-4-6-10/h2-9,17-18H,1H3. The molecule has 1 aromatic heterocycles. The average Bonchev–Trinajstić information content (AvgIpc) is 2.48. The van der Waals surface area contributed by atoms with E-state index < -0.39 is 15.6 Å². The Morgan fingerprint density at radius 3 is 2.50 bits per heavy atom. The second kappa shape index (κ2) is 5.89. The molecule has 3 aromatic rings. The first-order valence-electron chi connectivity index (χ1n) is 6.83. The highest BCUT2D eigenvalue weighted by Crippen LogP contribution is 2.36. The van der Waals surface area contributed by atoms with Crippen LogP contribution >= 0.6 is 0 Å². The number of anilines is 1. The van der Waals surface area contributed by atoms with Crippen LogP contribution in [0.3, 0.4) is 0 Å². The van der Waals surface area contributed by atoms with Gasteiger partial charge >= 0.3 is 5.63 Å². The molecule has 2 aromatic carbocycles. The molecule has 0 saturated heterocycles. The van der Waals surface area contributed by atoms with E-state index in [9.17, 15) is 18.3 Å². The Kier molecular flexibility index (Phi) is 3.90. The predicted octanol–water partition coefficient (Wildman–Crippen LogP) is 2.66. The molecule has 0 aliphatic carbocycles. The van der Waals surface area contributed by atoms with Crippen molar-refractivity contribution in [3.05, 3.63) is 59.0 Å². The maximum atomic E-state index is 11.6. The summed E-state index contributed by atoms with van der Waals surface area (Å²) in [6.45, 7) is 0. The average molecular weight is 347 g/mol. The highest BCUT2D eigenvalue weighted by molar-refractivity contribution is 7.92. The maximum Gasteiger partial charge on any atom is 0.339 e. The first kappa shape index (κ1) is 15.9. The van der Waals surface area contributed by atoms with Gasteiger partial charge in [-0.2, -0.15) is 0 Å². The minimum Gasteiger partial charge on any atom is -0.507 e. The van der Waals surface area contributed by atoms with E-state index >= 15 is 0 Å². The molecule has 0 radical (unpaired) electrons. The van der Waals surface area contributed by atoms with Crippen molar-refractivity contribution in [2.45, 2.75) is 0 Å². The van der Waals surface area contributed by atoms with Gasteiger partial charge in [0.1, 0.15) is 17.1 Å².